The number of ether oxygens (including phenoxy) is 1. The Bertz CT molecular complexity index is 269. The first-order valence-corrected chi connectivity index (χ1v) is 6.78. The van der Waals surface area contributed by atoms with Crippen LogP contribution in [0.1, 0.15) is 39.5 Å². The fraction of sp³-hybridized carbons (Fsp3) is 0.923. The molecule has 2 aliphatic rings. The molecule has 1 aliphatic heterocycles. The summed E-state index contributed by atoms with van der Waals surface area (Å²) in [6.07, 6.45) is 4.67. The fourth-order valence-corrected chi connectivity index (χ4v) is 2.26. The molecule has 1 amide bonds. The second-order valence-electron chi connectivity index (χ2n) is 5.65. The zero-order valence-electron chi connectivity index (χ0n) is 11.0. The predicted octanol–water partition coefficient (Wildman–Crippen LogP) is 2.00. The van der Waals surface area contributed by atoms with Crippen molar-refractivity contribution in [2.75, 3.05) is 26.2 Å². The standard InChI is InChI=1S/C13H24N2O2/c1-3-17-12(16)15-8-4-11(5-9-15)14-10-13(2)6-7-13/h11,14H,3-10H2,1-2H3. The molecule has 17 heavy (non-hydrogen) atoms. The van der Waals surface area contributed by atoms with Gasteiger partial charge in [0.15, 0.2) is 0 Å². The van der Waals surface area contributed by atoms with E-state index in [0.29, 0.717) is 18.1 Å². The summed E-state index contributed by atoms with van der Waals surface area (Å²) < 4.78 is 5.01. The van der Waals surface area contributed by atoms with Gasteiger partial charge in [-0.05, 0) is 38.0 Å². The van der Waals surface area contributed by atoms with E-state index in [2.05, 4.69) is 12.2 Å². The number of carbonyl (C=O) groups is 1. The Morgan fingerprint density at radius 3 is 2.59 bits per heavy atom. The molecule has 98 valence electrons. The minimum atomic E-state index is -0.153. The Balaban J connectivity index is 1.65. The van der Waals surface area contributed by atoms with E-state index in [4.69, 9.17) is 4.74 Å². The highest BCUT2D eigenvalue weighted by molar-refractivity contribution is 5.67. The normalized spacial score (nSPS) is 23.5. The summed E-state index contributed by atoms with van der Waals surface area (Å²) >= 11 is 0. The van der Waals surface area contributed by atoms with Gasteiger partial charge in [-0.15, -0.1) is 0 Å². The molecule has 0 radical (unpaired) electrons. The fourth-order valence-electron chi connectivity index (χ4n) is 2.26. The number of likely N-dealkylation sites (tertiary alicyclic amines) is 1. The van der Waals surface area contributed by atoms with Gasteiger partial charge in [0.1, 0.15) is 0 Å². The molecule has 1 aliphatic carbocycles. The van der Waals surface area contributed by atoms with Crippen LogP contribution in [-0.4, -0.2) is 43.3 Å². The van der Waals surface area contributed by atoms with E-state index >= 15 is 0 Å². The van der Waals surface area contributed by atoms with Crippen molar-refractivity contribution < 1.29 is 9.53 Å². The van der Waals surface area contributed by atoms with E-state index in [-0.39, 0.29) is 6.09 Å². The van der Waals surface area contributed by atoms with E-state index in [1.165, 1.54) is 12.8 Å². The average Bonchev–Trinajstić information content (AvgIpc) is 3.06. The molecule has 0 aromatic carbocycles. The van der Waals surface area contributed by atoms with Crippen molar-refractivity contribution in [1.29, 1.82) is 0 Å². The average molecular weight is 240 g/mol. The topological polar surface area (TPSA) is 41.6 Å². The van der Waals surface area contributed by atoms with Gasteiger partial charge in [0, 0.05) is 25.7 Å². The van der Waals surface area contributed by atoms with Crippen LogP contribution in [0.2, 0.25) is 0 Å². The lowest BCUT2D eigenvalue weighted by Gasteiger charge is -2.32. The van der Waals surface area contributed by atoms with Gasteiger partial charge in [0.05, 0.1) is 6.61 Å². The third-order valence-corrected chi connectivity index (χ3v) is 3.94. The molecule has 4 heteroatoms. The van der Waals surface area contributed by atoms with Crippen molar-refractivity contribution in [2.24, 2.45) is 5.41 Å². The van der Waals surface area contributed by atoms with Gasteiger partial charge in [0.25, 0.3) is 0 Å². The Hall–Kier alpha value is -0.770. The van der Waals surface area contributed by atoms with Crippen LogP contribution in [0.25, 0.3) is 0 Å². The third kappa shape index (κ3) is 3.60. The summed E-state index contributed by atoms with van der Waals surface area (Å²) in [5.41, 5.74) is 0.568. The second kappa shape index (κ2) is 5.25. The third-order valence-electron chi connectivity index (χ3n) is 3.94. The Morgan fingerprint density at radius 1 is 1.41 bits per heavy atom. The van der Waals surface area contributed by atoms with Gasteiger partial charge in [-0.25, -0.2) is 4.79 Å². The van der Waals surface area contributed by atoms with Crippen LogP contribution in [0.15, 0.2) is 0 Å². The molecule has 1 saturated heterocycles. The van der Waals surface area contributed by atoms with E-state index in [1.54, 1.807) is 0 Å². The van der Waals surface area contributed by atoms with E-state index in [1.807, 2.05) is 11.8 Å². The SMILES string of the molecule is CCOC(=O)N1CCC(NCC2(C)CC2)CC1. The van der Waals surface area contributed by atoms with Crippen LogP contribution < -0.4 is 5.32 Å². The van der Waals surface area contributed by atoms with Gasteiger partial charge in [-0.1, -0.05) is 6.92 Å². The molecular formula is C13H24N2O2. The van der Waals surface area contributed by atoms with Crippen molar-refractivity contribution in [3.63, 3.8) is 0 Å². The van der Waals surface area contributed by atoms with E-state index in [0.717, 1.165) is 32.5 Å². The molecule has 0 aromatic rings. The van der Waals surface area contributed by atoms with Crippen molar-refractivity contribution >= 4 is 6.09 Å². The van der Waals surface area contributed by atoms with Gasteiger partial charge in [-0.2, -0.15) is 0 Å². The van der Waals surface area contributed by atoms with E-state index in [9.17, 15) is 4.79 Å². The lowest BCUT2D eigenvalue weighted by Crippen LogP contribution is -2.46. The number of hydrogen-bond donors (Lipinski definition) is 1. The number of nitrogens with one attached hydrogen (secondary N) is 1. The molecule has 1 N–H and O–H groups in total. The Labute approximate surface area is 104 Å². The zero-order chi connectivity index (χ0) is 12.3. The van der Waals surface area contributed by atoms with Crippen molar-refractivity contribution in [3.05, 3.63) is 0 Å². The minimum absolute atomic E-state index is 0.153. The lowest BCUT2D eigenvalue weighted by atomic mass is 10.0. The maximum atomic E-state index is 11.5. The Kier molecular flexibility index (Phi) is 3.92. The molecule has 2 fully saturated rings. The molecule has 4 nitrogen and oxygen atoms in total. The van der Waals surface area contributed by atoms with Crippen LogP contribution in [0.4, 0.5) is 4.79 Å². The second-order valence-corrected chi connectivity index (χ2v) is 5.65. The molecule has 0 unspecified atom stereocenters. The number of carbonyl (C=O) groups excluding carboxylic acids is 1. The molecule has 0 spiro atoms. The molecular weight excluding hydrogens is 216 g/mol. The lowest BCUT2D eigenvalue weighted by molar-refractivity contribution is 0.0947. The molecule has 2 rings (SSSR count). The number of hydrogen-bond acceptors (Lipinski definition) is 3. The van der Waals surface area contributed by atoms with Crippen molar-refractivity contribution in [2.45, 2.75) is 45.6 Å². The summed E-state index contributed by atoms with van der Waals surface area (Å²) in [5.74, 6) is 0. The van der Waals surface area contributed by atoms with Crippen molar-refractivity contribution in [1.82, 2.24) is 10.2 Å². The van der Waals surface area contributed by atoms with Crippen LogP contribution in [0.3, 0.4) is 0 Å². The van der Waals surface area contributed by atoms with Crippen LogP contribution in [0, 0.1) is 5.41 Å². The first-order valence-electron chi connectivity index (χ1n) is 6.78. The maximum absolute atomic E-state index is 11.5. The van der Waals surface area contributed by atoms with Gasteiger partial charge < -0.3 is 15.0 Å². The predicted molar refractivity (Wildman–Crippen MR) is 67.0 cm³/mol. The first kappa shape index (κ1) is 12.7. The van der Waals surface area contributed by atoms with Gasteiger partial charge in [0.2, 0.25) is 0 Å². The van der Waals surface area contributed by atoms with Gasteiger partial charge in [-0.3, -0.25) is 0 Å². The summed E-state index contributed by atoms with van der Waals surface area (Å²) in [7, 11) is 0. The van der Waals surface area contributed by atoms with Crippen LogP contribution >= 0.6 is 0 Å². The zero-order valence-corrected chi connectivity index (χ0v) is 11.0. The summed E-state index contributed by atoms with van der Waals surface area (Å²) in [5, 5.41) is 3.64. The van der Waals surface area contributed by atoms with Crippen LogP contribution in [0.5, 0.6) is 0 Å². The number of amides is 1. The number of rotatable bonds is 4. The highest BCUT2D eigenvalue weighted by atomic mass is 16.6. The molecule has 1 heterocycles. The summed E-state index contributed by atoms with van der Waals surface area (Å²) in [4.78, 5) is 13.3. The smallest absolute Gasteiger partial charge is 0.409 e. The number of piperidine rings is 1. The largest absolute Gasteiger partial charge is 0.450 e. The van der Waals surface area contributed by atoms with Gasteiger partial charge >= 0.3 is 6.09 Å². The molecule has 0 bridgehead atoms. The monoisotopic (exact) mass is 240 g/mol. The van der Waals surface area contributed by atoms with E-state index < -0.39 is 0 Å². The first-order chi connectivity index (χ1) is 8.13. The summed E-state index contributed by atoms with van der Waals surface area (Å²) in [6.45, 7) is 7.45. The quantitative estimate of drug-likeness (QED) is 0.817. The Morgan fingerprint density at radius 2 is 2.06 bits per heavy atom. The number of nitrogens with zero attached hydrogens (tertiary/aromatic N) is 1. The maximum Gasteiger partial charge on any atom is 0.409 e. The molecule has 0 atom stereocenters. The highest BCUT2D eigenvalue weighted by Gasteiger charge is 2.37. The highest BCUT2D eigenvalue weighted by Crippen LogP contribution is 2.44. The van der Waals surface area contributed by atoms with Crippen LogP contribution in [-0.2, 0) is 4.74 Å². The molecule has 1 saturated carbocycles. The van der Waals surface area contributed by atoms with Crippen molar-refractivity contribution in [3.8, 4) is 0 Å². The minimum Gasteiger partial charge on any atom is -0.450 e. The summed E-state index contributed by atoms with van der Waals surface area (Å²) in [6, 6.07) is 0.582. The molecule has 0 aromatic heterocycles.